The van der Waals surface area contributed by atoms with Crippen LogP contribution in [0.15, 0.2) is 66.9 Å². The number of carbonyl (C=O) groups is 1. The lowest BCUT2D eigenvalue weighted by atomic mass is 10.1. The molecule has 6 heteroatoms. The number of nitrogens with zero attached hydrogens (tertiary/aromatic N) is 2. The first-order chi connectivity index (χ1) is 13.5. The minimum Gasteiger partial charge on any atom is -0.410 e. The van der Waals surface area contributed by atoms with Crippen molar-refractivity contribution in [2.24, 2.45) is 5.73 Å². The van der Waals surface area contributed by atoms with Crippen LogP contribution in [0.5, 0.6) is 5.75 Å². The second-order valence-corrected chi connectivity index (χ2v) is 6.55. The third-order valence-corrected chi connectivity index (χ3v) is 4.61. The number of carbonyl (C=O) groups excluding carboxylic acids is 1. The molecule has 0 saturated carbocycles. The molecule has 0 saturated heterocycles. The van der Waals surface area contributed by atoms with Crippen molar-refractivity contribution in [1.29, 1.82) is 0 Å². The number of imidazole rings is 1. The number of primary amides is 1. The van der Waals surface area contributed by atoms with E-state index in [2.05, 4.69) is 31.3 Å². The summed E-state index contributed by atoms with van der Waals surface area (Å²) in [4.78, 5) is 16.1. The Kier molecular flexibility index (Phi) is 4.45. The lowest BCUT2D eigenvalue weighted by molar-refractivity contribution is 0.211. The Morgan fingerprint density at radius 2 is 1.71 bits per heavy atom. The number of fused-ring (bicyclic) bond motifs is 1. The molecule has 4 rings (SSSR count). The number of hydrogen-bond acceptors (Lipinski definition) is 4. The van der Waals surface area contributed by atoms with Crippen molar-refractivity contribution in [2.45, 2.75) is 13.8 Å². The Hall–Kier alpha value is -3.80. The number of pyridine rings is 1. The summed E-state index contributed by atoms with van der Waals surface area (Å²) in [5.74, 6) is 1.15. The summed E-state index contributed by atoms with van der Waals surface area (Å²) in [5, 5.41) is 3.54. The molecular formula is C22H20N4O2. The van der Waals surface area contributed by atoms with Crippen molar-refractivity contribution in [3.63, 3.8) is 0 Å². The third kappa shape index (κ3) is 3.16. The maximum atomic E-state index is 11.3. The molecule has 0 unspecified atom stereocenters. The summed E-state index contributed by atoms with van der Waals surface area (Å²) in [6.07, 6.45) is 1.08. The number of aryl methyl sites for hydroxylation is 2. The summed E-state index contributed by atoms with van der Waals surface area (Å²) in [7, 11) is 0. The minimum absolute atomic E-state index is 0.364. The molecule has 0 aliphatic carbocycles. The van der Waals surface area contributed by atoms with Crippen LogP contribution < -0.4 is 15.8 Å². The van der Waals surface area contributed by atoms with Crippen LogP contribution >= 0.6 is 0 Å². The van der Waals surface area contributed by atoms with E-state index >= 15 is 0 Å². The van der Waals surface area contributed by atoms with Gasteiger partial charge in [0.1, 0.15) is 22.9 Å². The zero-order valence-electron chi connectivity index (χ0n) is 15.6. The first-order valence-corrected chi connectivity index (χ1v) is 8.91. The predicted molar refractivity (Wildman–Crippen MR) is 110 cm³/mol. The highest BCUT2D eigenvalue weighted by Crippen LogP contribution is 2.37. The molecule has 4 aromatic rings. The number of nitrogens with two attached hydrogens (primary N) is 1. The molecule has 0 spiro atoms. The number of benzene rings is 2. The first-order valence-electron chi connectivity index (χ1n) is 8.91. The molecule has 6 nitrogen and oxygen atoms in total. The van der Waals surface area contributed by atoms with Crippen LogP contribution in [-0.4, -0.2) is 15.5 Å². The van der Waals surface area contributed by atoms with Crippen LogP contribution in [0.2, 0.25) is 0 Å². The highest BCUT2D eigenvalue weighted by Gasteiger charge is 2.19. The zero-order chi connectivity index (χ0) is 19.7. The Labute approximate surface area is 162 Å². The van der Waals surface area contributed by atoms with E-state index in [0.717, 1.165) is 28.3 Å². The fourth-order valence-electron chi connectivity index (χ4n) is 3.29. The topological polar surface area (TPSA) is 81.6 Å². The van der Waals surface area contributed by atoms with Crippen LogP contribution in [0.25, 0.3) is 16.9 Å². The number of anilines is 2. The molecule has 0 radical (unpaired) electrons. The number of nitrogens with one attached hydrogen (secondary N) is 1. The molecule has 0 aliphatic rings. The first kappa shape index (κ1) is 17.6. The van der Waals surface area contributed by atoms with Crippen LogP contribution in [0.4, 0.5) is 16.3 Å². The number of ether oxygens (including phenoxy) is 1. The summed E-state index contributed by atoms with van der Waals surface area (Å²) >= 11 is 0. The van der Waals surface area contributed by atoms with E-state index in [-0.39, 0.29) is 0 Å². The van der Waals surface area contributed by atoms with E-state index in [0.29, 0.717) is 17.0 Å². The van der Waals surface area contributed by atoms with Crippen molar-refractivity contribution >= 4 is 23.2 Å². The van der Waals surface area contributed by atoms with E-state index < -0.39 is 6.09 Å². The highest BCUT2D eigenvalue weighted by atomic mass is 16.5. The van der Waals surface area contributed by atoms with Gasteiger partial charge in [-0.3, -0.25) is 4.40 Å². The Bertz CT molecular complexity index is 1160. The fourth-order valence-corrected chi connectivity index (χ4v) is 3.29. The van der Waals surface area contributed by atoms with Crippen molar-refractivity contribution < 1.29 is 9.53 Å². The molecule has 2 aromatic heterocycles. The number of para-hydroxylation sites is 2. The smallest absolute Gasteiger partial charge is 0.409 e. The van der Waals surface area contributed by atoms with Crippen LogP contribution in [0.3, 0.4) is 0 Å². The van der Waals surface area contributed by atoms with Crippen LogP contribution in [0.1, 0.15) is 11.1 Å². The molecule has 140 valence electrons. The molecule has 0 fully saturated rings. The van der Waals surface area contributed by atoms with Crippen molar-refractivity contribution in [1.82, 2.24) is 9.38 Å². The average molecular weight is 372 g/mol. The molecule has 1 amide bonds. The Balaban J connectivity index is 1.94. The SMILES string of the molecule is Cc1cccc(C)c1Nc1c(-c2ccccc2OC(N)=O)nc2ccccn12. The summed E-state index contributed by atoms with van der Waals surface area (Å²) in [6, 6.07) is 19.2. The third-order valence-electron chi connectivity index (χ3n) is 4.61. The highest BCUT2D eigenvalue weighted by molar-refractivity contribution is 5.85. The fraction of sp³-hybridized carbons (Fsp3) is 0.0909. The van der Waals surface area contributed by atoms with Gasteiger partial charge in [0.2, 0.25) is 0 Å². The van der Waals surface area contributed by atoms with Crippen LogP contribution in [-0.2, 0) is 0 Å². The van der Waals surface area contributed by atoms with Gasteiger partial charge in [-0.05, 0) is 49.2 Å². The molecule has 0 bridgehead atoms. The molecule has 0 atom stereocenters. The molecule has 3 N–H and O–H groups in total. The normalized spacial score (nSPS) is 10.8. The predicted octanol–water partition coefficient (Wildman–Crippen LogP) is 4.82. The lowest BCUT2D eigenvalue weighted by Gasteiger charge is -2.15. The monoisotopic (exact) mass is 372 g/mol. The molecule has 0 aliphatic heterocycles. The van der Waals surface area contributed by atoms with Crippen molar-refractivity contribution in [3.8, 4) is 17.0 Å². The summed E-state index contributed by atoms with van der Waals surface area (Å²) in [5.41, 5.74) is 10.6. The lowest BCUT2D eigenvalue weighted by Crippen LogP contribution is -2.16. The Morgan fingerprint density at radius 3 is 2.46 bits per heavy atom. The van der Waals surface area contributed by atoms with E-state index in [9.17, 15) is 4.79 Å². The standard InChI is InChI=1S/C22H20N4O2/c1-14-8-7-9-15(2)19(14)25-21-20(24-18-12-5-6-13-26(18)21)16-10-3-4-11-17(16)28-22(23)27/h3-13,25H,1-2H3,(H2,23,27). The maximum Gasteiger partial charge on any atom is 0.409 e. The maximum absolute atomic E-state index is 11.3. The van der Waals surface area contributed by atoms with Crippen LogP contribution in [0, 0.1) is 13.8 Å². The van der Waals surface area contributed by atoms with Gasteiger partial charge in [0, 0.05) is 17.4 Å². The molecular weight excluding hydrogens is 352 g/mol. The summed E-state index contributed by atoms with van der Waals surface area (Å²) < 4.78 is 7.18. The van der Waals surface area contributed by atoms with Gasteiger partial charge in [-0.25, -0.2) is 9.78 Å². The Morgan fingerprint density at radius 1 is 1.00 bits per heavy atom. The quantitative estimate of drug-likeness (QED) is 0.538. The molecule has 2 aromatic carbocycles. The van der Waals surface area contributed by atoms with Gasteiger partial charge in [0.15, 0.2) is 0 Å². The minimum atomic E-state index is -0.861. The van der Waals surface area contributed by atoms with Gasteiger partial charge in [-0.1, -0.05) is 36.4 Å². The van der Waals surface area contributed by atoms with Gasteiger partial charge in [0.05, 0.1) is 0 Å². The van der Waals surface area contributed by atoms with Gasteiger partial charge in [-0.2, -0.15) is 0 Å². The number of hydrogen-bond donors (Lipinski definition) is 2. The van der Waals surface area contributed by atoms with Gasteiger partial charge in [-0.15, -0.1) is 0 Å². The summed E-state index contributed by atoms with van der Waals surface area (Å²) in [6.45, 7) is 4.12. The van der Waals surface area contributed by atoms with E-state index in [1.165, 1.54) is 0 Å². The van der Waals surface area contributed by atoms with Crippen molar-refractivity contribution in [2.75, 3.05) is 5.32 Å². The molecule has 2 heterocycles. The van der Waals surface area contributed by atoms with Gasteiger partial charge < -0.3 is 15.8 Å². The zero-order valence-corrected chi connectivity index (χ0v) is 15.6. The average Bonchev–Trinajstić information content (AvgIpc) is 3.03. The van der Waals surface area contributed by atoms with E-state index in [4.69, 9.17) is 15.5 Å². The molecule has 28 heavy (non-hydrogen) atoms. The van der Waals surface area contributed by atoms with Gasteiger partial charge >= 0.3 is 6.09 Å². The number of rotatable bonds is 4. The number of amides is 1. The van der Waals surface area contributed by atoms with Gasteiger partial charge in [0.25, 0.3) is 0 Å². The second kappa shape index (κ2) is 7.08. The second-order valence-electron chi connectivity index (χ2n) is 6.55. The van der Waals surface area contributed by atoms with Crippen molar-refractivity contribution in [3.05, 3.63) is 78.0 Å². The van der Waals surface area contributed by atoms with E-state index in [1.54, 1.807) is 12.1 Å². The van der Waals surface area contributed by atoms with E-state index in [1.807, 2.05) is 47.0 Å². The largest absolute Gasteiger partial charge is 0.410 e. The number of aromatic nitrogens is 2.